The third-order valence-corrected chi connectivity index (χ3v) is 15.7. The normalized spacial score (nSPS) is 13.1. The van der Waals surface area contributed by atoms with E-state index in [1.165, 1.54) is 52.3 Å². The van der Waals surface area contributed by atoms with Crippen LogP contribution in [0.5, 0.6) is 0 Å². The molecule has 0 aliphatic rings. The zero-order valence-corrected chi connectivity index (χ0v) is 30.5. The molecule has 0 fully saturated rings. The third kappa shape index (κ3) is 5.72. The maximum Gasteiger partial charge on any atom is 2.00 e. The minimum Gasteiger partial charge on any atom is -0.266 e. The van der Waals surface area contributed by atoms with Gasteiger partial charge in [-0.3, -0.25) is 21.3 Å². The Balaban J connectivity index is 0.00000370. The van der Waals surface area contributed by atoms with E-state index in [4.69, 9.17) is 9.97 Å². The van der Waals surface area contributed by atoms with Crippen molar-refractivity contribution in [3.63, 3.8) is 0 Å². The Morgan fingerprint density at radius 2 is 0.975 bits per heavy atom. The summed E-state index contributed by atoms with van der Waals surface area (Å²) in [6.07, 6.45) is 3.97. The molecule has 0 unspecified atom stereocenters. The van der Waals surface area contributed by atoms with Gasteiger partial charge in [0.2, 0.25) is 0 Å². The summed E-state index contributed by atoms with van der Waals surface area (Å²) in [6.45, 7) is 23.2. The molecule has 5 aromatic rings. The quantitative estimate of drug-likeness (QED) is 0.151. The minimum absolute atomic E-state index is 0. The summed E-state index contributed by atoms with van der Waals surface area (Å²) in [4.78, 5) is 9.74. The minimum atomic E-state index is -2.05. The van der Waals surface area contributed by atoms with Crippen LogP contribution in [0.25, 0.3) is 20.2 Å². The Kier molecular flexibility index (Phi) is 8.32. The van der Waals surface area contributed by atoms with E-state index in [2.05, 4.69) is 128 Å². The predicted molar refractivity (Wildman–Crippen MR) is 176 cm³/mol. The fourth-order valence-electron chi connectivity index (χ4n) is 5.10. The van der Waals surface area contributed by atoms with E-state index in [-0.39, 0.29) is 31.9 Å². The van der Waals surface area contributed by atoms with Gasteiger partial charge < -0.3 is 0 Å². The Bertz CT molecular complexity index is 1570. The molecule has 210 valence electrons. The van der Waals surface area contributed by atoms with Crippen molar-refractivity contribution in [2.75, 3.05) is 0 Å². The van der Waals surface area contributed by atoms with Gasteiger partial charge >= 0.3 is 21.1 Å². The molecule has 0 aliphatic heterocycles. The number of fused-ring (bicyclic) bond motifs is 3. The number of rotatable bonds is 4. The van der Waals surface area contributed by atoms with Crippen LogP contribution in [0.2, 0.25) is 26.2 Å². The Morgan fingerprint density at radius 3 is 1.32 bits per heavy atom. The van der Waals surface area contributed by atoms with Crippen LogP contribution >= 0.6 is 11.3 Å². The molecule has 5 rings (SSSR count). The Hall–Kier alpha value is -1.92. The van der Waals surface area contributed by atoms with E-state index in [1.54, 1.807) is 0 Å². The smallest absolute Gasteiger partial charge is 0.266 e. The number of aromatic nitrogens is 2. The van der Waals surface area contributed by atoms with Gasteiger partial charge in [-0.15, -0.1) is 44.0 Å². The molecule has 0 atom stereocenters. The average Bonchev–Trinajstić information content (AvgIpc) is 3.25. The van der Waals surface area contributed by atoms with Crippen LogP contribution in [-0.2, 0) is 31.9 Å². The summed E-state index contributed by atoms with van der Waals surface area (Å²) in [6, 6.07) is 25.9. The van der Waals surface area contributed by atoms with Crippen LogP contribution in [-0.4, -0.2) is 26.1 Å². The summed E-state index contributed by atoms with van der Waals surface area (Å²) in [5, 5.41) is 7.42. The fraction of sp³-hybridized carbons (Fsp3) is 0.353. The maximum atomic E-state index is 4.87. The van der Waals surface area contributed by atoms with Gasteiger partial charge in [0.1, 0.15) is 16.1 Å². The van der Waals surface area contributed by atoms with Gasteiger partial charge in [0.05, 0.1) is 0 Å². The van der Waals surface area contributed by atoms with E-state index < -0.39 is 16.1 Å². The molecule has 0 bridgehead atoms. The van der Waals surface area contributed by atoms with Crippen molar-refractivity contribution in [2.24, 2.45) is 0 Å². The molecule has 0 saturated heterocycles. The Morgan fingerprint density at radius 1 is 0.600 bits per heavy atom. The van der Waals surface area contributed by atoms with Crippen LogP contribution in [0, 0.1) is 12.1 Å². The fourth-order valence-corrected chi connectivity index (χ4v) is 10.4. The molecule has 0 N–H and O–H groups in total. The molecule has 0 radical (unpaired) electrons. The van der Waals surface area contributed by atoms with Crippen molar-refractivity contribution in [2.45, 2.75) is 78.6 Å². The predicted octanol–water partition coefficient (Wildman–Crippen LogP) is 6.68. The zero-order valence-electron chi connectivity index (χ0n) is 25.4. The first kappa shape index (κ1) is 31.0. The van der Waals surface area contributed by atoms with E-state index in [0.717, 1.165) is 0 Å². The molecule has 0 aliphatic carbocycles. The van der Waals surface area contributed by atoms with Gasteiger partial charge in [0.15, 0.2) is 0 Å². The molecule has 6 heteroatoms. The van der Waals surface area contributed by atoms with Gasteiger partial charge in [-0.2, -0.15) is 12.1 Å². The second kappa shape index (κ2) is 10.7. The molecule has 2 nitrogen and oxygen atoms in total. The molecule has 0 amide bonds. The first-order valence-electron chi connectivity index (χ1n) is 13.8. The topological polar surface area (TPSA) is 25.8 Å². The van der Waals surface area contributed by atoms with Crippen LogP contribution in [0.4, 0.5) is 0 Å². The van der Waals surface area contributed by atoms with Crippen molar-refractivity contribution in [1.29, 1.82) is 0 Å². The number of hydrogen-bond donors (Lipinski definition) is 0. The molecular weight excluding hydrogens is 720 g/mol. The second-order valence-electron chi connectivity index (χ2n) is 13.9. The van der Waals surface area contributed by atoms with Crippen LogP contribution in [0.15, 0.2) is 60.9 Å². The molecule has 0 spiro atoms. The second-order valence-corrected chi connectivity index (χ2v) is 23.6. The number of thiophene rings is 1. The summed E-state index contributed by atoms with van der Waals surface area (Å²) in [5.74, 6) is 0. The Labute approximate surface area is 261 Å². The van der Waals surface area contributed by atoms with Gasteiger partial charge in [-0.1, -0.05) is 67.7 Å². The molecule has 2 aromatic carbocycles. The molecule has 3 aromatic heterocycles. The van der Waals surface area contributed by atoms with Crippen molar-refractivity contribution in [3.05, 3.63) is 84.2 Å². The van der Waals surface area contributed by atoms with Crippen LogP contribution in [0.3, 0.4) is 0 Å². The molecule has 3 heterocycles. The molecular formula is C34H40N2PtSSi2. The van der Waals surface area contributed by atoms with Crippen molar-refractivity contribution in [3.8, 4) is 0 Å². The van der Waals surface area contributed by atoms with Crippen LogP contribution < -0.4 is 21.0 Å². The summed E-state index contributed by atoms with van der Waals surface area (Å²) >= 11 is 1.84. The summed E-state index contributed by atoms with van der Waals surface area (Å²) < 4.78 is 2.55. The molecule has 40 heavy (non-hydrogen) atoms. The number of pyridine rings is 2. The van der Waals surface area contributed by atoms with Crippen molar-refractivity contribution >= 4 is 68.7 Å². The average molecular weight is 760 g/mol. The van der Waals surface area contributed by atoms with E-state index in [9.17, 15) is 0 Å². The third-order valence-electron chi connectivity index (χ3n) is 8.16. The first-order chi connectivity index (χ1) is 18.1. The largest absolute Gasteiger partial charge is 2.00 e. The van der Waals surface area contributed by atoms with E-state index in [1.807, 2.05) is 23.7 Å². The van der Waals surface area contributed by atoms with Gasteiger partial charge in [-0.25, -0.2) is 10.8 Å². The number of nitrogens with zero attached hydrogens (tertiary/aromatic N) is 2. The van der Waals surface area contributed by atoms with Crippen LogP contribution in [0.1, 0.15) is 52.7 Å². The number of benzene rings is 2. The summed E-state index contributed by atoms with van der Waals surface area (Å²) in [7, 11) is -4.10. The van der Waals surface area contributed by atoms with Gasteiger partial charge in [0, 0.05) is 23.0 Å². The van der Waals surface area contributed by atoms with Gasteiger partial charge in [-0.05, 0) is 46.2 Å². The summed E-state index contributed by atoms with van der Waals surface area (Å²) in [5.41, 5.74) is 2.87. The molecule has 0 saturated carbocycles. The maximum absolute atomic E-state index is 4.87. The van der Waals surface area contributed by atoms with Crippen molar-refractivity contribution in [1.82, 2.24) is 9.97 Å². The monoisotopic (exact) mass is 759 g/mol. The van der Waals surface area contributed by atoms with E-state index in [0.29, 0.717) is 0 Å². The SMILES string of the molecule is CC(C)(C)c1ccnc([Si](C)(C)c2[c-]c3c(cc2)sc2ccc([Si](C)(C)c4cc(C(C)(C)C)ccn4)[c-]c23)c1.[Pt+2]. The van der Waals surface area contributed by atoms with Gasteiger partial charge in [0.25, 0.3) is 0 Å². The number of hydrogen-bond acceptors (Lipinski definition) is 3. The van der Waals surface area contributed by atoms with Crippen molar-refractivity contribution < 1.29 is 21.1 Å². The van der Waals surface area contributed by atoms with E-state index >= 15 is 0 Å². The first-order valence-corrected chi connectivity index (χ1v) is 20.7. The standard InChI is InChI=1S/C34H40N2SSi2.Pt/c1-33(2,3)23-15-17-35-31(19-23)38(7,8)25-11-13-29-27(21-25)28-22-26(12-14-30(28)37-29)39(9,10)32-20-24(16-18-36-32)34(4,5)6;/h11-20H,1-10H3;/q-2;+2. The zero-order chi connectivity index (χ0) is 28.4.